The molecule has 1 aromatic carbocycles. The van der Waals surface area contributed by atoms with Crippen molar-refractivity contribution in [3.63, 3.8) is 0 Å². The van der Waals surface area contributed by atoms with Crippen LogP contribution in [0.4, 0.5) is 0 Å². The molecule has 0 aliphatic carbocycles. The van der Waals surface area contributed by atoms with Crippen LogP contribution in [0.2, 0.25) is 0 Å². The highest BCUT2D eigenvalue weighted by molar-refractivity contribution is 9.09. The number of rotatable bonds is 6. The van der Waals surface area contributed by atoms with Crippen molar-refractivity contribution in [2.45, 2.75) is 18.3 Å². The molecule has 2 aromatic rings. The van der Waals surface area contributed by atoms with Crippen LogP contribution in [0.5, 0.6) is 11.5 Å². The van der Waals surface area contributed by atoms with Gasteiger partial charge in [-0.1, -0.05) is 21.1 Å². The number of halogens is 1. The lowest BCUT2D eigenvalue weighted by atomic mass is 10.3. The van der Waals surface area contributed by atoms with Gasteiger partial charge in [-0.25, -0.2) is 4.68 Å². The minimum atomic E-state index is 0.212. The van der Waals surface area contributed by atoms with Crippen LogP contribution in [-0.2, 0) is 6.54 Å². The van der Waals surface area contributed by atoms with Crippen LogP contribution in [0.15, 0.2) is 30.5 Å². The monoisotopic (exact) mass is 325 g/mol. The number of ether oxygens (including phenoxy) is 2. The van der Waals surface area contributed by atoms with E-state index in [2.05, 4.69) is 26.2 Å². The van der Waals surface area contributed by atoms with Gasteiger partial charge in [0.2, 0.25) is 0 Å². The van der Waals surface area contributed by atoms with Gasteiger partial charge in [0.05, 0.1) is 24.2 Å². The van der Waals surface area contributed by atoms with Crippen molar-refractivity contribution in [2.24, 2.45) is 0 Å². The normalized spacial score (nSPS) is 12.2. The van der Waals surface area contributed by atoms with Crippen LogP contribution in [-0.4, -0.2) is 28.7 Å². The molecule has 0 spiro atoms. The fourth-order valence-electron chi connectivity index (χ4n) is 1.53. The number of hydrogen-bond acceptors (Lipinski definition) is 4. The molecular weight excluding hydrogens is 310 g/mol. The topological polar surface area (TPSA) is 49.2 Å². The molecule has 0 aliphatic heterocycles. The average molecular weight is 326 g/mol. The number of nitrogens with zero attached hydrogens (tertiary/aromatic N) is 3. The Hall–Kier alpha value is -1.56. The fourth-order valence-corrected chi connectivity index (χ4v) is 1.74. The van der Waals surface area contributed by atoms with Gasteiger partial charge in [0.25, 0.3) is 0 Å². The largest absolute Gasteiger partial charge is 0.497 e. The third-order valence-corrected chi connectivity index (χ3v) is 3.08. The number of benzene rings is 1. The van der Waals surface area contributed by atoms with Gasteiger partial charge in [0.1, 0.15) is 18.1 Å². The molecule has 0 aliphatic rings. The van der Waals surface area contributed by atoms with Crippen molar-refractivity contribution in [3.05, 3.63) is 36.2 Å². The van der Waals surface area contributed by atoms with E-state index in [0.29, 0.717) is 13.2 Å². The lowest BCUT2D eigenvalue weighted by Crippen LogP contribution is -2.08. The summed E-state index contributed by atoms with van der Waals surface area (Å²) in [7, 11) is 1.64. The molecule has 2 rings (SSSR count). The van der Waals surface area contributed by atoms with E-state index in [4.69, 9.17) is 9.47 Å². The van der Waals surface area contributed by atoms with Crippen LogP contribution in [0, 0.1) is 0 Å². The third-order valence-electron chi connectivity index (χ3n) is 2.61. The van der Waals surface area contributed by atoms with E-state index in [1.807, 2.05) is 37.4 Å². The van der Waals surface area contributed by atoms with Crippen LogP contribution in [0.1, 0.15) is 17.4 Å². The molecule has 6 heteroatoms. The molecule has 0 saturated heterocycles. The van der Waals surface area contributed by atoms with Gasteiger partial charge in [0, 0.05) is 6.20 Å². The second-order valence-electron chi connectivity index (χ2n) is 4.05. The predicted molar refractivity (Wildman–Crippen MR) is 75.9 cm³/mol. The van der Waals surface area contributed by atoms with Crippen LogP contribution < -0.4 is 9.47 Å². The molecule has 1 heterocycles. The van der Waals surface area contributed by atoms with E-state index in [9.17, 15) is 0 Å². The average Bonchev–Trinajstić information content (AvgIpc) is 2.89. The number of aromatic nitrogens is 3. The molecule has 0 radical (unpaired) electrons. The molecule has 0 fully saturated rings. The zero-order chi connectivity index (χ0) is 13.7. The number of hydrogen-bond donors (Lipinski definition) is 0. The predicted octanol–water partition coefficient (Wildman–Crippen LogP) is 2.82. The Morgan fingerprint density at radius 2 is 1.95 bits per heavy atom. The first-order valence-electron chi connectivity index (χ1n) is 6.00. The number of alkyl halides is 1. The van der Waals surface area contributed by atoms with Crippen molar-refractivity contribution in [1.29, 1.82) is 0 Å². The second kappa shape index (κ2) is 6.56. The highest BCUT2D eigenvalue weighted by Gasteiger charge is 2.05. The van der Waals surface area contributed by atoms with Gasteiger partial charge in [-0.3, -0.25) is 0 Å². The van der Waals surface area contributed by atoms with E-state index in [0.717, 1.165) is 17.2 Å². The van der Waals surface area contributed by atoms with Gasteiger partial charge >= 0.3 is 0 Å². The van der Waals surface area contributed by atoms with Gasteiger partial charge in [-0.15, -0.1) is 5.10 Å². The first-order valence-corrected chi connectivity index (χ1v) is 6.91. The first kappa shape index (κ1) is 13.9. The van der Waals surface area contributed by atoms with E-state index in [1.165, 1.54) is 0 Å². The van der Waals surface area contributed by atoms with Crippen molar-refractivity contribution in [1.82, 2.24) is 15.0 Å². The lowest BCUT2D eigenvalue weighted by Gasteiger charge is -2.06. The Bertz CT molecular complexity index is 511. The summed E-state index contributed by atoms with van der Waals surface area (Å²) in [6.45, 7) is 3.23. The summed E-state index contributed by atoms with van der Waals surface area (Å²) in [6.07, 6.45) is 1.91. The summed E-state index contributed by atoms with van der Waals surface area (Å²) >= 11 is 3.46. The van der Waals surface area contributed by atoms with Crippen molar-refractivity contribution in [3.8, 4) is 11.5 Å². The minimum Gasteiger partial charge on any atom is -0.497 e. The highest BCUT2D eigenvalue weighted by Crippen LogP contribution is 2.18. The van der Waals surface area contributed by atoms with Crippen molar-refractivity contribution in [2.75, 3.05) is 13.7 Å². The molecular formula is C13H16BrN3O2. The van der Waals surface area contributed by atoms with Gasteiger partial charge in [-0.2, -0.15) is 0 Å². The van der Waals surface area contributed by atoms with E-state index in [1.54, 1.807) is 11.8 Å². The van der Waals surface area contributed by atoms with E-state index in [-0.39, 0.29) is 4.83 Å². The molecule has 1 unspecified atom stereocenters. The maximum absolute atomic E-state index is 5.62. The van der Waals surface area contributed by atoms with Crippen molar-refractivity contribution < 1.29 is 9.47 Å². The van der Waals surface area contributed by atoms with Gasteiger partial charge < -0.3 is 9.47 Å². The van der Waals surface area contributed by atoms with E-state index >= 15 is 0 Å². The van der Waals surface area contributed by atoms with Crippen LogP contribution >= 0.6 is 15.9 Å². The molecule has 1 aromatic heterocycles. The Morgan fingerprint density at radius 1 is 1.26 bits per heavy atom. The molecule has 102 valence electrons. The minimum absolute atomic E-state index is 0.212. The zero-order valence-corrected chi connectivity index (χ0v) is 12.5. The van der Waals surface area contributed by atoms with Gasteiger partial charge in [-0.05, 0) is 31.2 Å². The summed E-state index contributed by atoms with van der Waals surface area (Å²) in [4.78, 5) is 0.212. The molecule has 0 bridgehead atoms. The summed E-state index contributed by atoms with van der Waals surface area (Å²) in [6, 6.07) is 7.50. The summed E-state index contributed by atoms with van der Waals surface area (Å²) < 4.78 is 12.5. The maximum Gasteiger partial charge on any atom is 0.119 e. The van der Waals surface area contributed by atoms with Crippen LogP contribution in [0.3, 0.4) is 0 Å². The Morgan fingerprint density at radius 3 is 2.53 bits per heavy atom. The molecule has 5 nitrogen and oxygen atoms in total. The Kier molecular flexibility index (Phi) is 4.79. The second-order valence-corrected chi connectivity index (χ2v) is 5.42. The van der Waals surface area contributed by atoms with Gasteiger partial charge in [0.15, 0.2) is 0 Å². The van der Waals surface area contributed by atoms with Crippen LogP contribution in [0.25, 0.3) is 0 Å². The third kappa shape index (κ3) is 3.96. The Balaban J connectivity index is 1.81. The SMILES string of the molecule is COc1ccc(OCCn2cc(C(C)Br)nn2)cc1. The molecule has 0 N–H and O–H groups in total. The zero-order valence-electron chi connectivity index (χ0n) is 10.9. The number of methoxy groups -OCH3 is 1. The fraction of sp³-hybridized carbons (Fsp3) is 0.385. The highest BCUT2D eigenvalue weighted by atomic mass is 79.9. The summed E-state index contributed by atoms with van der Waals surface area (Å²) in [5, 5.41) is 8.09. The lowest BCUT2D eigenvalue weighted by molar-refractivity contribution is 0.289. The first-order chi connectivity index (χ1) is 9.19. The molecule has 0 amide bonds. The summed E-state index contributed by atoms with van der Waals surface area (Å²) in [5.41, 5.74) is 0.921. The smallest absolute Gasteiger partial charge is 0.119 e. The van der Waals surface area contributed by atoms with Crippen molar-refractivity contribution >= 4 is 15.9 Å². The molecule has 1 atom stereocenters. The Labute approximate surface area is 120 Å². The molecule has 19 heavy (non-hydrogen) atoms. The quantitative estimate of drug-likeness (QED) is 0.766. The maximum atomic E-state index is 5.62. The van der Waals surface area contributed by atoms with E-state index < -0.39 is 0 Å². The standard InChI is InChI=1S/C13H16BrN3O2/c1-10(14)13-9-17(16-15-13)7-8-19-12-5-3-11(18-2)4-6-12/h3-6,9-10H,7-8H2,1-2H3. The summed E-state index contributed by atoms with van der Waals surface area (Å²) in [5.74, 6) is 1.63. The molecule has 0 saturated carbocycles.